The number of hydrazine groups is 1. The van der Waals surface area contributed by atoms with E-state index < -0.39 is 12.1 Å². The van der Waals surface area contributed by atoms with Crippen LogP contribution in [0.5, 0.6) is 0 Å². The van der Waals surface area contributed by atoms with Crippen molar-refractivity contribution in [3.63, 3.8) is 0 Å². The third kappa shape index (κ3) is 2.89. The molecule has 7 nitrogen and oxygen atoms in total. The first kappa shape index (κ1) is 16.8. The van der Waals surface area contributed by atoms with Gasteiger partial charge in [-0.2, -0.15) is 0 Å². The third-order valence-corrected chi connectivity index (χ3v) is 4.87. The molecule has 2 aromatic rings. The lowest BCUT2D eigenvalue weighted by Gasteiger charge is -2.30. The molecule has 2 aliphatic rings. The van der Waals surface area contributed by atoms with Gasteiger partial charge in [0.15, 0.2) is 0 Å². The lowest BCUT2D eigenvalue weighted by Crippen LogP contribution is -2.52. The quantitative estimate of drug-likeness (QED) is 0.798. The number of fused-ring (bicyclic) bond motifs is 1. The van der Waals surface area contributed by atoms with Crippen molar-refractivity contribution >= 4 is 17.6 Å². The van der Waals surface area contributed by atoms with E-state index in [-0.39, 0.29) is 23.7 Å². The summed E-state index contributed by atoms with van der Waals surface area (Å²) in [4.78, 5) is 34.1. The van der Waals surface area contributed by atoms with E-state index in [1.807, 2.05) is 51.1 Å². The van der Waals surface area contributed by atoms with Crippen LogP contribution < -0.4 is 15.8 Å². The Morgan fingerprint density at radius 1 is 1.04 bits per heavy atom. The molecule has 3 unspecified atom stereocenters. The van der Waals surface area contributed by atoms with Crippen LogP contribution >= 0.6 is 0 Å². The minimum absolute atomic E-state index is 0.0660. The molecule has 0 aliphatic carbocycles. The zero-order chi connectivity index (χ0) is 18.4. The van der Waals surface area contributed by atoms with Gasteiger partial charge in [0.2, 0.25) is 5.95 Å². The molecule has 0 bridgehead atoms. The summed E-state index contributed by atoms with van der Waals surface area (Å²) in [6, 6.07) is 9.80. The molecule has 0 saturated carbocycles. The topological polar surface area (TPSA) is 87.2 Å². The SMILES string of the molecule is Cc1ccc(C2CC(=O)C3C(=O)N(c4nc(C)cc(C)n4)NC3N2)cc1. The van der Waals surface area contributed by atoms with Gasteiger partial charge in [0.1, 0.15) is 11.7 Å². The number of carbonyl (C=O) groups excluding carboxylic acids is 2. The van der Waals surface area contributed by atoms with Crippen molar-refractivity contribution in [3.8, 4) is 0 Å². The van der Waals surface area contributed by atoms with E-state index >= 15 is 0 Å². The van der Waals surface area contributed by atoms with Crippen molar-refractivity contribution in [1.82, 2.24) is 20.7 Å². The molecule has 2 saturated heterocycles. The van der Waals surface area contributed by atoms with Crippen LogP contribution in [0.4, 0.5) is 5.95 Å². The lowest BCUT2D eigenvalue weighted by atomic mass is 9.87. The van der Waals surface area contributed by atoms with Crippen LogP contribution in [0.1, 0.15) is 35.0 Å². The highest BCUT2D eigenvalue weighted by Crippen LogP contribution is 2.31. The van der Waals surface area contributed by atoms with E-state index in [4.69, 9.17) is 0 Å². The summed E-state index contributed by atoms with van der Waals surface area (Å²) in [5.41, 5.74) is 6.83. The molecule has 2 fully saturated rings. The van der Waals surface area contributed by atoms with Crippen LogP contribution in [0.2, 0.25) is 0 Å². The van der Waals surface area contributed by atoms with Gasteiger partial charge in [0.05, 0.1) is 6.17 Å². The number of ketones is 1. The van der Waals surface area contributed by atoms with Crippen LogP contribution in [-0.2, 0) is 9.59 Å². The van der Waals surface area contributed by atoms with Gasteiger partial charge in [-0.25, -0.2) is 20.4 Å². The molecule has 3 heterocycles. The summed E-state index contributed by atoms with van der Waals surface area (Å²) in [7, 11) is 0. The molecule has 3 atom stereocenters. The molecule has 134 valence electrons. The smallest absolute Gasteiger partial charge is 0.257 e. The standard InChI is InChI=1S/C19H21N5O2/c1-10-4-6-13(7-5-10)14-9-15(25)16-17(22-14)23-24(18(16)26)19-20-11(2)8-12(3)21-19/h4-8,14,16-17,22-23H,9H2,1-3H3. The second kappa shape index (κ2) is 6.26. The molecule has 26 heavy (non-hydrogen) atoms. The monoisotopic (exact) mass is 351 g/mol. The maximum absolute atomic E-state index is 12.8. The first-order valence-corrected chi connectivity index (χ1v) is 8.70. The van der Waals surface area contributed by atoms with Crippen LogP contribution in [0.3, 0.4) is 0 Å². The normalized spacial score (nSPS) is 25.5. The average molecular weight is 351 g/mol. The first-order valence-electron chi connectivity index (χ1n) is 8.70. The Hall–Kier alpha value is -2.64. The van der Waals surface area contributed by atoms with Crippen molar-refractivity contribution in [2.45, 2.75) is 39.4 Å². The van der Waals surface area contributed by atoms with Gasteiger partial charge >= 0.3 is 0 Å². The van der Waals surface area contributed by atoms with E-state index in [9.17, 15) is 9.59 Å². The molecule has 1 amide bonds. The predicted molar refractivity (Wildman–Crippen MR) is 96.1 cm³/mol. The summed E-state index contributed by atoms with van der Waals surface area (Å²) in [6.07, 6.45) is -0.168. The van der Waals surface area contributed by atoms with Gasteiger partial charge in [-0.05, 0) is 32.4 Å². The van der Waals surface area contributed by atoms with E-state index in [0.717, 1.165) is 17.0 Å². The highest BCUT2D eigenvalue weighted by molar-refractivity contribution is 6.10. The maximum atomic E-state index is 12.8. The summed E-state index contributed by atoms with van der Waals surface area (Å²) < 4.78 is 0. The van der Waals surface area contributed by atoms with Crippen LogP contribution in [0.25, 0.3) is 0 Å². The number of amides is 1. The Morgan fingerprint density at radius 3 is 2.35 bits per heavy atom. The fraction of sp³-hybridized carbons (Fsp3) is 0.368. The van der Waals surface area contributed by atoms with Crippen molar-refractivity contribution in [1.29, 1.82) is 0 Å². The third-order valence-electron chi connectivity index (χ3n) is 4.87. The number of hydrogen-bond acceptors (Lipinski definition) is 6. The Balaban J connectivity index is 1.60. The van der Waals surface area contributed by atoms with Gasteiger partial charge in [-0.1, -0.05) is 29.8 Å². The summed E-state index contributed by atoms with van der Waals surface area (Å²) in [6.45, 7) is 5.73. The minimum Gasteiger partial charge on any atom is -0.299 e. The van der Waals surface area contributed by atoms with E-state index in [2.05, 4.69) is 20.7 Å². The number of rotatable bonds is 2. The zero-order valence-corrected chi connectivity index (χ0v) is 15.0. The Kier molecular flexibility index (Phi) is 4.05. The molecule has 4 rings (SSSR count). The van der Waals surface area contributed by atoms with Gasteiger partial charge in [0, 0.05) is 23.9 Å². The number of aromatic nitrogens is 2. The van der Waals surface area contributed by atoms with Crippen molar-refractivity contribution in [2.24, 2.45) is 5.92 Å². The van der Waals surface area contributed by atoms with E-state index in [1.165, 1.54) is 10.6 Å². The number of aryl methyl sites for hydroxylation is 3. The number of Topliss-reactive ketones (excluding diaryl/α,β-unsaturated/α-hetero) is 1. The number of benzene rings is 1. The van der Waals surface area contributed by atoms with Crippen LogP contribution in [-0.4, -0.2) is 27.8 Å². The highest BCUT2D eigenvalue weighted by Gasteiger charge is 2.50. The summed E-state index contributed by atoms with van der Waals surface area (Å²) in [5.74, 6) is -0.840. The fourth-order valence-corrected chi connectivity index (χ4v) is 3.60. The fourth-order valence-electron chi connectivity index (χ4n) is 3.60. The van der Waals surface area contributed by atoms with Crippen molar-refractivity contribution in [3.05, 3.63) is 52.8 Å². The Bertz CT molecular complexity index is 860. The highest BCUT2D eigenvalue weighted by atomic mass is 16.2. The second-order valence-corrected chi connectivity index (χ2v) is 7.01. The minimum atomic E-state index is -0.749. The van der Waals surface area contributed by atoms with Crippen molar-refractivity contribution < 1.29 is 9.59 Å². The summed E-state index contributed by atoms with van der Waals surface area (Å²) in [5, 5.41) is 4.69. The molecule has 1 aromatic heterocycles. The zero-order valence-electron chi connectivity index (χ0n) is 15.0. The lowest BCUT2D eigenvalue weighted by molar-refractivity contribution is -0.133. The Labute approximate surface area is 151 Å². The van der Waals surface area contributed by atoms with Crippen LogP contribution in [0, 0.1) is 26.7 Å². The molecule has 1 aromatic carbocycles. The van der Waals surface area contributed by atoms with Crippen LogP contribution in [0.15, 0.2) is 30.3 Å². The predicted octanol–water partition coefficient (Wildman–Crippen LogP) is 1.50. The number of nitrogens with zero attached hydrogens (tertiary/aromatic N) is 3. The van der Waals surface area contributed by atoms with Gasteiger partial charge < -0.3 is 0 Å². The number of piperidine rings is 1. The molecule has 0 radical (unpaired) electrons. The molecule has 7 heteroatoms. The second-order valence-electron chi connectivity index (χ2n) is 7.01. The van der Waals surface area contributed by atoms with Gasteiger partial charge in [-0.3, -0.25) is 14.9 Å². The Morgan fingerprint density at radius 2 is 1.69 bits per heavy atom. The summed E-state index contributed by atoms with van der Waals surface area (Å²) >= 11 is 0. The molecule has 0 spiro atoms. The van der Waals surface area contributed by atoms with E-state index in [1.54, 1.807) is 0 Å². The molecular formula is C19H21N5O2. The first-order chi connectivity index (χ1) is 12.4. The van der Waals surface area contributed by atoms with Crippen molar-refractivity contribution in [2.75, 3.05) is 5.01 Å². The largest absolute Gasteiger partial charge is 0.299 e. The number of anilines is 1. The number of carbonyl (C=O) groups is 2. The average Bonchev–Trinajstić information content (AvgIpc) is 2.92. The maximum Gasteiger partial charge on any atom is 0.257 e. The molecule has 2 aliphatic heterocycles. The van der Waals surface area contributed by atoms with E-state index in [0.29, 0.717) is 6.42 Å². The number of hydrogen-bond donors (Lipinski definition) is 2. The molecular weight excluding hydrogens is 330 g/mol. The van der Waals surface area contributed by atoms with Gasteiger partial charge in [-0.15, -0.1) is 0 Å². The molecule has 2 N–H and O–H groups in total. The number of nitrogens with one attached hydrogen (secondary N) is 2. The van der Waals surface area contributed by atoms with Gasteiger partial charge in [0.25, 0.3) is 5.91 Å².